The van der Waals surface area contributed by atoms with E-state index in [2.05, 4.69) is 6.92 Å². The minimum atomic E-state index is -0.448. The lowest BCUT2D eigenvalue weighted by atomic mass is 10.1. The molecule has 0 amide bonds. The van der Waals surface area contributed by atoms with Crippen molar-refractivity contribution in [1.82, 2.24) is 0 Å². The summed E-state index contributed by atoms with van der Waals surface area (Å²) in [6.07, 6.45) is 12.5. The van der Waals surface area contributed by atoms with Gasteiger partial charge < -0.3 is 4.74 Å². The number of esters is 1. The summed E-state index contributed by atoms with van der Waals surface area (Å²) in [5, 5.41) is 0. The highest BCUT2D eigenvalue weighted by Crippen LogP contribution is 2.11. The second-order valence-corrected chi connectivity index (χ2v) is 5.37. The van der Waals surface area contributed by atoms with E-state index in [1.54, 1.807) is 0 Å². The number of rotatable bonds is 12. The number of hydrogen-bond donors (Lipinski definition) is 0. The Morgan fingerprint density at radius 3 is 1.94 bits per heavy atom. The van der Waals surface area contributed by atoms with Crippen LogP contribution < -0.4 is 0 Å². The summed E-state index contributed by atoms with van der Waals surface area (Å²) < 4.78 is 5.00. The standard InChI is InChI=1S/C15H29ClO2/c1-3-5-6-7-8-9-10-11-12-13-15(17)18-14(16)4-2/h14H,3-13H2,1-2H3. The molecule has 18 heavy (non-hydrogen) atoms. The number of carbonyl (C=O) groups excluding carboxylic acids is 1. The largest absolute Gasteiger partial charge is 0.446 e. The second-order valence-electron chi connectivity index (χ2n) is 4.89. The molecule has 0 aliphatic heterocycles. The van der Waals surface area contributed by atoms with Crippen LogP contribution in [0.2, 0.25) is 0 Å². The van der Waals surface area contributed by atoms with Crippen molar-refractivity contribution in [3.8, 4) is 0 Å². The molecule has 0 rings (SSSR count). The van der Waals surface area contributed by atoms with Gasteiger partial charge >= 0.3 is 5.97 Å². The van der Waals surface area contributed by atoms with Crippen molar-refractivity contribution in [2.45, 2.75) is 90.0 Å². The lowest BCUT2D eigenvalue weighted by Crippen LogP contribution is -2.11. The van der Waals surface area contributed by atoms with Crippen LogP contribution in [-0.4, -0.2) is 11.5 Å². The van der Waals surface area contributed by atoms with Crippen LogP contribution in [0.25, 0.3) is 0 Å². The Labute approximate surface area is 117 Å². The van der Waals surface area contributed by atoms with Gasteiger partial charge in [0.15, 0.2) is 5.56 Å². The zero-order chi connectivity index (χ0) is 13.6. The molecule has 0 radical (unpaired) electrons. The van der Waals surface area contributed by atoms with Crippen LogP contribution in [0, 0.1) is 0 Å². The molecule has 0 fully saturated rings. The summed E-state index contributed by atoms with van der Waals surface area (Å²) in [5.74, 6) is -0.153. The van der Waals surface area contributed by atoms with Gasteiger partial charge in [0.05, 0.1) is 0 Å². The molecule has 1 unspecified atom stereocenters. The Morgan fingerprint density at radius 1 is 0.944 bits per heavy atom. The molecule has 3 heteroatoms. The molecule has 0 saturated heterocycles. The van der Waals surface area contributed by atoms with Crippen LogP contribution in [0.3, 0.4) is 0 Å². The highest BCUT2D eigenvalue weighted by Gasteiger charge is 2.08. The summed E-state index contributed by atoms with van der Waals surface area (Å²) in [6.45, 7) is 4.15. The molecular formula is C15H29ClO2. The maximum atomic E-state index is 11.3. The quantitative estimate of drug-likeness (QED) is 0.270. The van der Waals surface area contributed by atoms with Gasteiger partial charge in [-0.3, -0.25) is 4.79 Å². The average molecular weight is 277 g/mol. The summed E-state index contributed by atoms with van der Waals surface area (Å²) in [5.41, 5.74) is -0.448. The number of ether oxygens (including phenoxy) is 1. The second kappa shape index (κ2) is 13.2. The van der Waals surface area contributed by atoms with Crippen molar-refractivity contribution < 1.29 is 9.53 Å². The van der Waals surface area contributed by atoms with E-state index in [1.807, 2.05) is 6.92 Å². The fourth-order valence-corrected chi connectivity index (χ4v) is 1.96. The van der Waals surface area contributed by atoms with E-state index in [0.29, 0.717) is 12.8 Å². The van der Waals surface area contributed by atoms with E-state index in [0.717, 1.165) is 12.8 Å². The molecule has 0 aliphatic rings. The molecule has 0 aliphatic carbocycles. The van der Waals surface area contributed by atoms with Crippen LogP contribution >= 0.6 is 11.6 Å². The Hall–Kier alpha value is -0.240. The van der Waals surface area contributed by atoms with Crippen LogP contribution in [0.5, 0.6) is 0 Å². The van der Waals surface area contributed by atoms with Gasteiger partial charge in [0.25, 0.3) is 0 Å². The van der Waals surface area contributed by atoms with Gasteiger partial charge in [0, 0.05) is 6.42 Å². The van der Waals surface area contributed by atoms with E-state index in [4.69, 9.17) is 16.3 Å². The number of carbonyl (C=O) groups is 1. The molecular weight excluding hydrogens is 248 g/mol. The number of unbranched alkanes of at least 4 members (excludes halogenated alkanes) is 8. The maximum Gasteiger partial charge on any atom is 0.307 e. The number of halogens is 1. The normalized spacial score (nSPS) is 12.4. The molecule has 0 bridgehead atoms. The van der Waals surface area contributed by atoms with E-state index in [9.17, 15) is 4.79 Å². The van der Waals surface area contributed by atoms with Crippen molar-refractivity contribution in [1.29, 1.82) is 0 Å². The Bertz CT molecular complexity index is 195. The zero-order valence-corrected chi connectivity index (χ0v) is 12.8. The van der Waals surface area contributed by atoms with E-state index >= 15 is 0 Å². The van der Waals surface area contributed by atoms with Gasteiger partial charge in [-0.15, -0.1) is 0 Å². The molecule has 0 saturated carbocycles. The summed E-state index contributed by atoms with van der Waals surface area (Å²) in [7, 11) is 0. The third-order valence-electron chi connectivity index (χ3n) is 3.06. The molecule has 1 atom stereocenters. The van der Waals surface area contributed by atoms with Crippen LogP contribution in [0.4, 0.5) is 0 Å². The number of hydrogen-bond acceptors (Lipinski definition) is 2. The Morgan fingerprint density at radius 2 is 1.44 bits per heavy atom. The number of alkyl halides is 1. The molecule has 0 heterocycles. The first-order valence-electron chi connectivity index (χ1n) is 7.54. The molecule has 2 nitrogen and oxygen atoms in total. The van der Waals surface area contributed by atoms with Gasteiger partial charge in [-0.2, -0.15) is 0 Å². The highest BCUT2D eigenvalue weighted by molar-refractivity contribution is 6.20. The Balaban J connectivity index is 3.17. The summed E-state index contributed by atoms with van der Waals surface area (Å²) >= 11 is 5.74. The van der Waals surface area contributed by atoms with Crippen molar-refractivity contribution in [3.05, 3.63) is 0 Å². The SMILES string of the molecule is CCCCCCCCCCCC(=O)OC(Cl)CC. The van der Waals surface area contributed by atoms with Crippen LogP contribution in [0.1, 0.15) is 84.5 Å². The molecule has 0 N–H and O–H groups in total. The van der Waals surface area contributed by atoms with Crippen LogP contribution in [0.15, 0.2) is 0 Å². The predicted octanol–water partition coefficient (Wildman–Crippen LogP) is 5.43. The molecule has 0 spiro atoms. The third kappa shape index (κ3) is 12.2. The molecule has 0 aromatic carbocycles. The minimum Gasteiger partial charge on any atom is -0.446 e. The topological polar surface area (TPSA) is 26.3 Å². The van der Waals surface area contributed by atoms with E-state index in [1.165, 1.54) is 44.9 Å². The average Bonchev–Trinajstić information content (AvgIpc) is 2.36. The first-order valence-corrected chi connectivity index (χ1v) is 7.97. The fourth-order valence-electron chi connectivity index (χ4n) is 1.86. The van der Waals surface area contributed by atoms with Gasteiger partial charge in [0.1, 0.15) is 0 Å². The first kappa shape index (κ1) is 17.8. The van der Waals surface area contributed by atoms with Crippen molar-refractivity contribution >= 4 is 17.6 Å². The van der Waals surface area contributed by atoms with Crippen molar-refractivity contribution in [2.75, 3.05) is 0 Å². The maximum absolute atomic E-state index is 11.3. The van der Waals surface area contributed by atoms with Gasteiger partial charge in [-0.25, -0.2) is 0 Å². The lowest BCUT2D eigenvalue weighted by Gasteiger charge is -2.08. The fraction of sp³-hybridized carbons (Fsp3) is 0.933. The molecule has 0 aromatic heterocycles. The first-order chi connectivity index (χ1) is 8.70. The van der Waals surface area contributed by atoms with Crippen molar-refractivity contribution in [2.24, 2.45) is 0 Å². The zero-order valence-electron chi connectivity index (χ0n) is 12.0. The molecule has 0 aromatic rings. The monoisotopic (exact) mass is 276 g/mol. The lowest BCUT2D eigenvalue weighted by molar-refractivity contribution is -0.145. The van der Waals surface area contributed by atoms with Gasteiger partial charge in [-0.1, -0.05) is 76.8 Å². The highest BCUT2D eigenvalue weighted by atomic mass is 35.5. The van der Waals surface area contributed by atoms with Crippen LogP contribution in [-0.2, 0) is 9.53 Å². The summed E-state index contributed by atoms with van der Waals surface area (Å²) in [4.78, 5) is 11.3. The van der Waals surface area contributed by atoms with Crippen molar-refractivity contribution in [3.63, 3.8) is 0 Å². The van der Waals surface area contributed by atoms with E-state index < -0.39 is 5.56 Å². The minimum absolute atomic E-state index is 0.153. The predicted molar refractivity (Wildman–Crippen MR) is 77.9 cm³/mol. The van der Waals surface area contributed by atoms with Gasteiger partial charge in [-0.05, 0) is 12.8 Å². The summed E-state index contributed by atoms with van der Waals surface area (Å²) in [6, 6.07) is 0. The molecule has 108 valence electrons. The smallest absolute Gasteiger partial charge is 0.307 e. The Kier molecular flexibility index (Phi) is 13.0. The third-order valence-corrected chi connectivity index (χ3v) is 3.46. The van der Waals surface area contributed by atoms with E-state index in [-0.39, 0.29) is 5.97 Å². The van der Waals surface area contributed by atoms with Gasteiger partial charge in [0.2, 0.25) is 0 Å².